The molecule has 8 heteroatoms. The van der Waals surface area contributed by atoms with E-state index in [0.29, 0.717) is 25.4 Å². The van der Waals surface area contributed by atoms with E-state index in [0.717, 1.165) is 46.7 Å². The van der Waals surface area contributed by atoms with Gasteiger partial charge in [-0.1, -0.05) is 24.3 Å². The molecule has 2 N–H and O–H groups in total. The van der Waals surface area contributed by atoms with Crippen molar-refractivity contribution in [2.24, 2.45) is 7.05 Å². The number of aliphatic hydroxyl groups excluding tert-OH is 1. The Labute approximate surface area is 205 Å². The van der Waals surface area contributed by atoms with Crippen molar-refractivity contribution in [1.82, 2.24) is 15.1 Å². The van der Waals surface area contributed by atoms with Crippen LogP contribution in [0.5, 0.6) is 11.5 Å². The first kappa shape index (κ1) is 24.8. The molecule has 2 atom stereocenters. The maximum Gasteiger partial charge on any atom is 0.359 e. The Hall–Kier alpha value is -3.36. The van der Waals surface area contributed by atoms with E-state index < -0.39 is 12.1 Å². The van der Waals surface area contributed by atoms with Crippen molar-refractivity contribution < 1.29 is 24.1 Å². The minimum atomic E-state index is -0.607. The molecule has 0 radical (unpaired) electrons. The number of ether oxygens (including phenoxy) is 3. The third-order valence-corrected chi connectivity index (χ3v) is 6.12. The second-order valence-corrected chi connectivity index (χ2v) is 8.69. The Morgan fingerprint density at radius 3 is 2.86 bits per heavy atom. The van der Waals surface area contributed by atoms with Gasteiger partial charge in [-0.25, -0.2) is 4.79 Å². The van der Waals surface area contributed by atoms with Gasteiger partial charge in [0, 0.05) is 31.4 Å². The lowest BCUT2D eigenvalue weighted by Crippen LogP contribution is -2.39. The highest BCUT2D eigenvalue weighted by Crippen LogP contribution is 2.34. The molecule has 0 bridgehead atoms. The maximum absolute atomic E-state index is 12.4. The lowest BCUT2D eigenvalue weighted by Gasteiger charge is -2.27. The topological polar surface area (TPSA) is 94.8 Å². The molecule has 8 nitrogen and oxygen atoms in total. The Morgan fingerprint density at radius 1 is 1.29 bits per heavy atom. The first-order chi connectivity index (χ1) is 17.0. The number of hydrogen-bond donors (Lipinski definition) is 2. The average molecular weight is 480 g/mol. The zero-order valence-electron chi connectivity index (χ0n) is 20.5. The summed E-state index contributed by atoms with van der Waals surface area (Å²) in [7, 11) is 1.82. The lowest BCUT2D eigenvalue weighted by molar-refractivity contribution is 0.0519. The molecule has 0 saturated carbocycles. The van der Waals surface area contributed by atoms with Crippen molar-refractivity contribution in [3.8, 4) is 22.6 Å². The standard InChI is InChI=1S/C27H33N3O5/c1-4-33-27(32)26-25(18(2)30(3)29-26)20-11-13-24-19(14-20)10-12-23(35-24)16-28-15-21(31)17-34-22-8-6-5-7-9-22/h5-9,11,13-14,21,23,28,31H,4,10,12,15-17H2,1-3H3/t21-,23-/m0/s1. The van der Waals surface area contributed by atoms with E-state index in [1.165, 1.54) is 0 Å². The summed E-state index contributed by atoms with van der Waals surface area (Å²) < 4.78 is 18.7. The molecule has 0 aliphatic carbocycles. The van der Waals surface area contributed by atoms with Crippen molar-refractivity contribution in [1.29, 1.82) is 0 Å². The predicted molar refractivity (Wildman–Crippen MR) is 133 cm³/mol. The fraction of sp³-hybridized carbons (Fsp3) is 0.407. The molecule has 0 spiro atoms. The van der Waals surface area contributed by atoms with Crippen molar-refractivity contribution in [3.05, 3.63) is 65.5 Å². The van der Waals surface area contributed by atoms with Gasteiger partial charge >= 0.3 is 5.97 Å². The number of aromatic nitrogens is 2. The first-order valence-electron chi connectivity index (χ1n) is 12.0. The van der Waals surface area contributed by atoms with E-state index in [-0.39, 0.29) is 12.7 Å². The minimum Gasteiger partial charge on any atom is -0.491 e. The van der Waals surface area contributed by atoms with Gasteiger partial charge in [0.1, 0.15) is 30.3 Å². The van der Waals surface area contributed by atoms with E-state index in [1.54, 1.807) is 11.6 Å². The molecule has 0 amide bonds. The van der Waals surface area contributed by atoms with Gasteiger partial charge in [-0.05, 0) is 62.1 Å². The summed E-state index contributed by atoms with van der Waals surface area (Å²) in [5.74, 6) is 1.18. The monoisotopic (exact) mass is 479 g/mol. The van der Waals surface area contributed by atoms with Crippen LogP contribution >= 0.6 is 0 Å². The smallest absolute Gasteiger partial charge is 0.359 e. The van der Waals surface area contributed by atoms with E-state index in [4.69, 9.17) is 14.2 Å². The molecule has 35 heavy (non-hydrogen) atoms. The quantitative estimate of drug-likeness (QED) is 0.431. The second-order valence-electron chi connectivity index (χ2n) is 8.69. The summed E-state index contributed by atoms with van der Waals surface area (Å²) in [6, 6.07) is 15.5. The number of rotatable bonds is 10. The molecule has 2 heterocycles. The van der Waals surface area contributed by atoms with Gasteiger partial charge in [0.05, 0.1) is 6.61 Å². The summed E-state index contributed by atoms with van der Waals surface area (Å²) in [6.07, 6.45) is 1.14. The van der Waals surface area contributed by atoms with Crippen molar-refractivity contribution in [2.75, 3.05) is 26.3 Å². The molecule has 4 rings (SSSR count). The van der Waals surface area contributed by atoms with Crippen LogP contribution in [-0.2, 0) is 18.2 Å². The van der Waals surface area contributed by atoms with E-state index in [1.807, 2.05) is 56.4 Å². The van der Waals surface area contributed by atoms with Crippen LogP contribution in [0.2, 0.25) is 0 Å². The number of aryl methyl sites for hydroxylation is 2. The summed E-state index contributed by atoms with van der Waals surface area (Å²) in [5.41, 5.74) is 4.07. The zero-order valence-corrected chi connectivity index (χ0v) is 20.5. The van der Waals surface area contributed by atoms with Gasteiger partial charge in [0.25, 0.3) is 0 Å². The second kappa shape index (κ2) is 11.4. The van der Waals surface area contributed by atoms with Crippen LogP contribution in [0.1, 0.15) is 35.1 Å². The maximum atomic E-state index is 12.4. The van der Waals surface area contributed by atoms with Gasteiger partial charge < -0.3 is 24.6 Å². The molecule has 1 aliphatic rings. The van der Waals surface area contributed by atoms with Crippen molar-refractivity contribution in [2.45, 2.75) is 38.9 Å². The number of esters is 1. The molecule has 1 aliphatic heterocycles. The first-order valence-corrected chi connectivity index (χ1v) is 12.0. The molecule has 186 valence electrons. The Balaban J connectivity index is 1.33. The number of hydrogen-bond acceptors (Lipinski definition) is 7. The molecule has 3 aromatic rings. The SMILES string of the molecule is CCOC(=O)c1nn(C)c(C)c1-c1ccc2c(c1)CC[C@@H](CNC[C@H](O)COc1ccccc1)O2. The van der Waals surface area contributed by atoms with E-state index in [2.05, 4.69) is 16.5 Å². The average Bonchev–Trinajstić information content (AvgIpc) is 3.17. The van der Waals surface area contributed by atoms with Crippen LogP contribution < -0.4 is 14.8 Å². The number of carbonyl (C=O) groups excluding carboxylic acids is 1. The third kappa shape index (κ3) is 6.01. The molecule has 0 saturated heterocycles. The molecular weight excluding hydrogens is 446 g/mol. The zero-order chi connectivity index (χ0) is 24.8. The van der Waals surface area contributed by atoms with Crippen LogP contribution in [0.15, 0.2) is 48.5 Å². The molecule has 0 unspecified atom stereocenters. The number of para-hydroxylation sites is 1. The van der Waals surface area contributed by atoms with Gasteiger partial charge in [0.15, 0.2) is 5.69 Å². The van der Waals surface area contributed by atoms with Gasteiger partial charge in [-0.15, -0.1) is 0 Å². The van der Waals surface area contributed by atoms with Gasteiger partial charge in [0.2, 0.25) is 0 Å². The van der Waals surface area contributed by atoms with Crippen molar-refractivity contribution >= 4 is 5.97 Å². The molecular formula is C27H33N3O5. The Morgan fingerprint density at radius 2 is 2.09 bits per heavy atom. The highest BCUT2D eigenvalue weighted by molar-refractivity contribution is 5.96. The summed E-state index contributed by atoms with van der Waals surface area (Å²) >= 11 is 0. The van der Waals surface area contributed by atoms with Crippen LogP contribution in [0, 0.1) is 6.92 Å². The third-order valence-electron chi connectivity index (χ3n) is 6.12. The Kier molecular flexibility index (Phi) is 8.05. The number of carbonyl (C=O) groups is 1. The number of benzene rings is 2. The van der Waals surface area contributed by atoms with Gasteiger partial charge in [-0.3, -0.25) is 4.68 Å². The number of nitrogens with zero attached hydrogens (tertiary/aromatic N) is 2. The number of fused-ring (bicyclic) bond motifs is 1. The minimum absolute atomic E-state index is 0.0193. The molecule has 2 aromatic carbocycles. The Bertz CT molecular complexity index is 1150. The van der Waals surface area contributed by atoms with E-state index in [9.17, 15) is 9.90 Å². The predicted octanol–water partition coefficient (Wildman–Crippen LogP) is 3.30. The van der Waals surface area contributed by atoms with Crippen LogP contribution in [-0.4, -0.2) is 59.4 Å². The summed E-state index contributed by atoms with van der Waals surface area (Å²) in [4.78, 5) is 12.4. The van der Waals surface area contributed by atoms with Crippen molar-refractivity contribution in [3.63, 3.8) is 0 Å². The van der Waals surface area contributed by atoms with Crippen LogP contribution in [0.4, 0.5) is 0 Å². The summed E-state index contributed by atoms with van der Waals surface area (Å²) in [5, 5.41) is 17.9. The van der Waals surface area contributed by atoms with E-state index >= 15 is 0 Å². The number of aliphatic hydroxyl groups is 1. The van der Waals surface area contributed by atoms with Crippen LogP contribution in [0.3, 0.4) is 0 Å². The highest BCUT2D eigenvalue weighted by atomic mass is 16.5. The fourth-order valence-electron chi connectivity index (χ4n) is 4.22. The van der Waals surface area contributed by atoms with Gasteiger partial charge in [-0.2, -0.15) is 5.10 Å². The largest absolute Gasteiger partial charge is 0.491 e. The highest BCUT2D eigenvalue weighted by Gasteiger charge is 2.25. The normalized spacial score (nSPS) is 15.7. The lowest BCUT2D eigenvalue weighted by atomic mass is 9.96. The van der Waals surface area contributed by atoms with Crippen LogP contribution in [0.25, 0.3) is 11.1 Å². The molecule has 1 aromatic heterocycles. The fourth-order valence-corrected chi connectivity index (χ4v) is 4.22. The summed E-state index contributed by atoms with van der Waals surface area (Å²) in [6.45, 7) is 5.33. The number of nitrogens with one attached hydrogen (secondary N) is 1. The molecule has 0 fully saturated rings.